The molecule has 29 heavy (non-hydrogen) atoms. The zero-order chi connectivity index (χ0) is 22.9. The van der Waals surface area contributed by atoms with Gasteiger partial charge in [0.2, 0.25) is 23.6 Å². The number of hydrogen-bond donors (Lipinski definition) is 5. The van der Waals surface area contributed by atoms with Crippen LogP contribution in [-0.4, -0.2) is 63.7 Å². The molecule has 166 valence electrons. The Kier molecular flexibility index (Phi) is 11.6. The smallest absolute Gasteiger partial charge is 0.328 e. The largest absolute Gasteiger partial charge is 0.480 e. The maximum Gasteiger partial charge on any atom is 0.328 e. The molecule has 0 aromatic carbocycles. The van der Waals surface area contributed by atoms with E-state index in [0.717, 1.165) is 0 Å². The monoisotopic (exact) mass is 470 g/mol. The molecule has 6 atom stereocenters. The van der Waals surface area contributed by atoms with Crippen LogP contribution in [-0.2, 0) is 28.5 Å². The quantitative estimate of drug-likeness (QED) is 0.224. The predicted molar refractivity (Wildman–Crippen MR) is 115 cm³/mol. The summed E-state index contributed by atoms with van der Waals surface area (Å²) in [5.41, 5.74) is 5.16. The van der Waals surface area contributed by atoms with Crippen molar-refractivity contribution >= 4 is 58.9 Å². The summed E-state index contributed by atoms with van der Waals surface area (Å²) >= 11 is 1.23. The van der Waals surface area contributed by atoms with Crippen molar-refractivity contribution in [3.8, 4) is 0 Å². The number of carbonyl (C=O) groups is 5. The molecule has 0 aliphatic carbocycles. The molecule has 0 radical (unpaired) electrons. The fourth-order valence-corrected chi connectivity index (χ4v) is 3.07. The van der Waals surface area contributed by atoms with Gasteiger partial charge in [0.1, 0.15) is 12.1 Å². The van der Waals surface area contributed by atoms with Crippen molar-refractivity contribution in [2.45, 2.75) is 63.1 Å². The van der Waals surface area contributed by atoms with Crippen LogP contribution >= 0.6 is 29.3 Å². The molecule has 6 N–H and O–H groups in total. The minimum atomic E-state index is -1.44. The van der Waals surface area contributed by atoms with Gasteiger partial charge in [0.25, 0.3) is 0 Å². The molecule has 0 spiro atoms. The van der Waals surface area contributed by atoms with Crippen LogP contribution in [0.2, 0.25) is 0 Å². The topological polar surface area (TPSA) is 177 Å². The summed E-state index contributed by atoms with van der Waals surface area (Å²) in [5, 5.41) is 16.3. The number of amides is 4. The summed E-state index contributed by atoms with van der Waals surface area (Å²) in [6.45, 7) is 6.05. The summed E-state index contributed by atoms with van der Waals surface area (Å²) < 4.78 is 4.07. The highest BCUT2D eigenvalue weighted by molar-refractivity contribution is 8.44. The number of carboxylic acids is 1. The van der Waals surface area contributed by atoms with E-state index in [2.05, 4.69) is 24.4 Å². The summed E-state index contributed by atoms with van der Waals surface area (Å²) in [4.78, 5) is 59.6. The normalized spacial score (nSPS) is 15.4. The van der Waals surface area contributed by atoms with Gasteiger partial charge in [0.15, 0.2) is 6.04 Å². The Morgan fingerprint density at radius 2 is 1.69 bits per heavy atom. The lowest BCUT2D eigenvalue weighted by Gasteiger charge is -2.33. The van der Waals surface area contributed by atoms with Crippen LogP contribution in [0.5, 0.6) is 0 Å². The molecule has 0 aromatic heterocycles. The van der Waals surface area contributed by atoms with Gasteiger partial charge in [-0.15, -0.1) is 11.4 Å². The van der Waals surface area contributed by atoms with E-state index in [0.29, 0.717) is 0 Å². The van der Waals surface area contributed by atoms with Crippen molar-refractivity contribution in [2.75, 3.05) is 0 Å². The van der Waals surface area contributed by atoms with E-state index >= 15 is 0 Å². The molecule has 14 heteroatoms. The lowest BCUT2D eigenvalue weighted by Crippen LogP contribution is -2.61. The molecule has 0 bridgehead atoms. The van der Waals surface area contributed by atoms with E-state index in [1.807, 2.05) is 9.47 Å². The maximum atomic E-state index is 12.8. The molecule has 0 fully saturated rings. The number of nitrogens with one attached hydrogen (secondary N) is 3. The van der Waals surface area contributed by atoms with E-state index < -0.39 is 65.0 Å². The van der Waals surface area contributed by atoms with Crippen LogP contribution in [0.25, 0.3) is 0 Å². The number of nitrogens with two attached hydrogens (primary N) is 1. The first-order valence-electron chi connectivity index (χ1n) is 8.39. The maximum absolute atomic E-state index is 12.8. The fraction of sp³-hybridized carbons (Fsp3) is 0.667. The van der Waals surface area contributed by atoms with Crippen LogP contribution in [0.1, 0.15) is 34.1 Å². The zero-order valence-corrected chi connectivity index (χ0v) is 19.7. The summed E-state index contributed by atoms with van der Waals surface area (Å²) in [6, 6.07) is -3.92. The van der Waals surface area contributed by atoms with E-state index in [1.54, 1.807) is 13.8 Å². The number of hydrogen-bond acceptors (Lipinski definition) is 7. The molecule has 0 aromatic rings. The lowest BCUT2D eigenvalue weighted by atomic mass is 10.0. The molecular formula is C15H28N4O7P2S. The van der Waals surface area contributed by atoms with Gasteiger partial charge in [0, 0.05) is 21.1 Å². The van der Waals surface area contributed by atoms with Crippen molar-refractivity contribution in [3.63, 3.8) is 0 Å². The third-order valence-corrected chi connectivity index (χ3v) is 6.99. The highest BCUT2D eigenvalue weighted by atomic mass is 32.7. The molecule has 0 rings (SSSR count). The van der Waals surface area contributed by atoms with Gasteiger partial charge in [-0.05, 0) is 20.8 Å². The minimum Gasteiger partial charge on any atom is -0.480 e. The minimum absolute atomic E-state index is 0.467. The standard InChI is InChI=1S/C15H28N4O7P2S/c1-6(26-27)10(14(24)25)19-12(22)8(5-9(16)21)18-13(23)11(17-7(2)20)15(3,4)29-28/h6,8,10-11H,5,27-28H2,1-4H3,(H2,16,21)(H,17,20)(H,18,23)(H,19,22)(H,24,25)/t6-,8+,10+,11-/m1/s1. The number of aliphatic carboxylic acids is 1. The third-order valence-electron chi connectivity index (χ3n) is 3.89. The van der Waals surface area contributed by atoms with Gasteiger partial charge in [0.05, 0.1) is 12.5 Å². The highest BCUT2D eigenvalue weighted by Gasteiger charge is 2.38. The molecule has 0 saturated carbocycles. The second-order valence-corrected chi connectivity index (χ2v) is 9.02. The van der Waals surface area contributed by atoms with Crippen LogP contribution in [0.4, 0.5) is 0 Å². The first-order valence-corrected chi connectivity index (χ1v) is 11.2. The Morgan fingerprint density at radius 1 is 1.14 bits per heavy atom. The van der Waals surface area contributed by atoms with Crippen LogP contribution < -0.4 is 21.7 Å². The van der Waals surface area contributed by atoms with Gasteiger partial charge < -0.3 is 31.3 Å². The number of primary amides is 1. The van der Waals surface area contributed by atoms with Gasteiger partial charge >= 0.3 is 5.97 Å². The van der Waals surface area contributed by atoms with Crippen molar-refractivity contribution in [2.24, 2.45) is 5.73 Å². The SMILES string of the molecule is CC(=O)N[C@H](C(=O)N[C@@H](CC(N)=O)C(=O)N[C@H](C(=O)O)[C@@H](C)OP)C(C)(C)SP. The Labute approximate surface area is 177 Å². The number of carbonyl (C=O) groups excluding carboxylic acids is 4. The van der Waals surface area contributed by atoms with E-state index in [9.17, 15) is 29.1 Å². The van der Waals surface area contributed by atoms with Crippen LogP contribution in [0, 0.1) is 0 Å². The molecule has 0 heterocycles. The summed E-state index contributed by atoms with van der Waals surface area (Å²) in [6.07, 6.45) is -1.48. The van der Waals surface area contributed by atoms with Crippen LogP contribution in [0.15, 0.2) is 0 Å². The van der Waals surface area contributed by atoms with E-state index in [-0.39, 0.29) is 0 Å². The first-order chi connectivity index (χ1) is 13.3. The van der Waals surface area contributed by atoms with E-state index in [4.69, 9.17) is 10.3 Å². The molecule has 4 amide bonds. The predicted octanol–water partition coefficient (Wildman–Crippen LogP) is -1.08. The molecule has 11 nitrogen and oxygen atoms in total. The average molecular weight is 470 g/mol. The Bertz CT molecular complexity index is 650. The van der Waals surface area contributed by atoms with Gasteiger partial charge in [-0.1, -0.05) is 8.44 Å². The molecule has 0 aliphatic rings. The summed E-state index contributed by atoms with van der Waals surface area (Å²) in [5.74, 6) is -4.39. The number of rotatable bonds is 12. The third kappa shape index (κ3) is 9.25. The molecule has 0 aliphatic heterocycles. The Morgan fingerprint density at radius 3 is 2.07 bits per heavy atom. The Balaban J connectivity index is 5.62. The molecular weight excluding hydrogens is 442 g/mol. The van der Waals surface area contributed by atoms with Crippen molar-refractivity contribution in [1.82, 2.24) is 16.0 Å². The summed E-state index contributed by atoms with van der Waals surface area (Å²) in [7, 11) is 4.28. The Hall–Kier alpha value is -1.48. The van der Waals surface area contributed by atoms with Crippen molar-refractivity contribution in [3.05, 3.63) is 0 Å². The van der Waals surface area contributed by atoms with Crippen LogP contribution in [0.3, 0.4) is 0 Å². The lowest BCUT2D eigenvalue weighted by molar-refractivity contribution is -0.144. The van der Waals surface area contributed by atoms with E-state index in [1.165, 1.54) is 25.2 Å². The first kappa shape index (κ1) is 27.5. The van der Waals surface area contributed by atoms with Gasteiger partial charge in [-0.25, -0.2) is 4.79 Å². The highest BCUT2D eigenvalue weighted by Crippen LogP contribution is 2.33. The molecule has 0 saturated heterocycles. The van der Waals surface area contributed by atoms with Gasteiger partial charge in [-0.2, -0.15) is 0 Å². The van der Waals surface area contributed by atoms with Gasteiger partial charge in [-0.3, -0.25) is 19.2 Å². The number of carboxylic acid groups (broad SMARTS) is 1. The zero-order valence-electron chi connectivity index (χ0n) is 16.6. The van der Waals surface area contributed by atoms with Crippen molar-refractivity contribution < 1.29 is 33.6 Å². The molecule has 2 unspecified atom stereocenters. The second kappa shape index (κ2) is 12.3. The fourth-order valence-electron chi connectivity index (χ4n) is 2.20. The van der Waals surface area contributed by atoms with Crippen molar-refractivity contribution in [1.29, 1.82) is 0 Å². The second-order valence-electron chi connectivity index (χ2n) is 6.75. The average Bonchev–Trinajstić information content (AvgIpc) is 2.61.